The molecule has 0 amide bonds. The second-order valence-electron chi connectivity index (χ2n) is 6.42. The van der Waals surface area contributed by atoms with E-state index >= 15 is 0 Å². The summed E-state index contributed by atoms with van der Waals surface area (Å²) in [6.07, 6.45) is 11.1. The fourth-order valence-electron chi connectivity index (χ4n) is 3.45. The third-order valence-electron chi connectivity index (χ3n) is 4.76. The van der Waals surface area contributed by atoms with Gasteiger partial charge in [-0.1, -0.05) is 62.4 Å². The Kier molecular flexibility index (Phi) is 5.46. The molecule has 2 aromatic carbocycles. The highest BCUT2D eigenvalue weighted by atomic mass is 16.3. The van der Waals surface area contributed by atoms with Gasteiger partial charge in [-0.25, -0.2) is 0 Å². The van der Waals surface area contributed by atoms with E-state index in [9.17, 15) is 5.11 Å². The van der Waals surface area contributed by atoms with Gasteiger partial charge in [0.1, 0.15) is 5.75 Å². The summed E-state index contributed by atoms with van der Waals surface area (Å²) in [6, 6.07) is 15.8. The minimum absolute atomic E-state index is 0.277. The lowest BCUT2D eigenvalue weighted by atomic mass is 9.85. The van der Waals surface area contributed by atoms with Crippen molar-refractivity contribution in [3.63, 3.8) is 0 Å². The first-order valence-electron chi connectivity index (χ1n) is 8.75. The molecular weight excluding hydrogens is 282 g/mol. The Bertz CT molecular complexity index is 654. The van der Waals surface area contributed by atoms with Gasteiger partial charge in [-0.15, -0.1) is 0 Å². The zero-order valence-electron chi connectivity index (χ0n) is 13.6. The molecule has 0 aliphatic heterocycles. The van der Waals surface area contributed by atoms with Gasteiger partial charge in [0.05, 0.1) is 5.69 Å². The SMILES string of the molecule is Oc1ccccc1C=Nc1ccccc1C1CCCCCCC1. The van der Waals surface area contributed by atoms with Gasteiger partial charge in [0.2, 0.25) is 0 Å². The molecule has 0 atom stereocenters. The number of benzene rings is 2. The molecule has 2 aromatic rings. The van der Waals surface area contributed by atoms with E-state index in [0.717, 1.165) is 11.3 Å². The molecule has 0 saturated heterocycles. The molecule has 0 aromatic heterocycles. The van der Waals surface area contributed by atoms with E-state index in [1.807, 2.05) is 24.3 Å². The highest BCUT2D eigenvalue weighted by Gasteiger charge is 2.16. The molecule has 3 rings (SSSR count). The highest BCUT2D eigenvalue weighted by Crippen LogP contribution is 2.36. The van der Waals surface area contributed by atoms with E-state index in [1.165, 1.54) is 50.5 Å². The third-order valence-corrected chi connectivity index (χ3v) is 4.76. The van der Waals surface area contributed by atoms with Gasteiger partial charge in [-0.3, -0.25) is 4.99 Å². The van der Waals surface area contributed by atoms with Crippen LogP contribution in [0.3, 0.4) is 0 Å². The van der Waals surface area contributed by atoms with E-state index in [4.69, 9.17) is 0 Å². The molecule has 2 nitrogen and oxygen atoms in total. The monoisotopic (exact) mass is 307 g/mol. The molecule has 120 valence electrons. The topological polar surface area (TPSA) is 32.6 Å². The van der Waals surface area contributed by atoms with Gasteiger partial charge in [-0.05, 0) is 42.5 Å². The van der Waals surface area contributed by atoms with Crippen LogP contribution in [0.4, 0.5) is 5.69 Å². The largest absolute Gasteiger partial charge is 0.507 e. The average molecular weight is 307 g/mol. The van der Waals surface area contributed by atoms with Crippen LogP contribution in [-0.4, -0.2) is 11.3 Å². The lowest BCUT2D eigenvalue weighted by molar-refractivity contribution is 0.456. The number of phenols is 1. The Morgan fingerprint density at radius 2 is 1.48 bits per heavy atom. The summed E-state index contributed by atoms with van der Waals surface area (Å²) in [5.41, 5.74) is 3.17. The normalized spacial score (nSPS) is 17.0. The molecule has 1 saturated carbocycles. The summed E-state index contributed by atoms with van der Waals surface area (Å²) in [7, 11) is 0. The van der Waals surface area contributed by atoms with Crippen LogP contribution in [0.5, 0.6) is 5.75 Å². The van der Waals surface area contributed by atoms with E-state index < -0.39 is 0 Å². The number of hydrogen-bond acceptors (Lipinski definition) is 2. The van der Waals surface area contributed by atoms with Crippen molar-refractivity contribution in [2.45, 2.75) is 50.9 Å². The van der Waals surface area contributed by atoms with Gasteiger partial charge in [0.25, 0.3) is 0 Å². The van der Waals surface area contributed by atoms with Gasteiger partial charge >= 0.3 is 0 Å². The zero-order valence-corrected chi connectivity index (χ0v) is 13.6. The molecule has 0 bridgehead atoms. The molecule has 1 aliphatic rings. The van der Waals surface area contributed by atoms with Crippen LogP contribution in [0, 0.1) is 0 Å². The first-order valence-corrected chi connectivity index (χ1v) is 8.75. The maximum atomic E-state index is 9.88. The Morgan fingerprint density at radius 1 is 0.826 bits per heavy atom. The number of rotatable bonds is 3. The fourth-order valence-corrected chi connectivity index (χ4v) is 3.45. The van der Waals surface area contributed by atoms with E-state index in [2.05, 4.69) is 23.2 Å². The first-order chi connectivity index (χ1) is 11.3. The number of nitrogens with zero attached hydrogens (tertiary/aromatic N) is 1. The summed E-state index contributed by atoms with van der Waals surface area (Å²) in [4.78, 5) is 4.68. The minimum atomic E-state index is 0.277. The Labute approximate surface area is 138 Å². The van der Waals surface area contributed by atoms with Crippen LogP contribution < -0.4 is 0 Å². The van der Waals surface area contributed by atoms with Gasteiger partial charge in [-0.2, -0.15) is 0 Å². The molecule has 0 spiro atoms. The molecule has 1 aliphatic carbocycles. The lowest BCUT2D eigenvalue weighted by Crippen LogP contribution is -2.02. The van der Waals surface area contributed by atoms with Crippen molar-refractivity contribution in [2.75, 3.05) is 0 Å². The molecule has 0 unspecified atom stereocenters. The Balaban J connectivity index is 1.84. The molecule has 1 N–H and O–H groups in total. The van der Waals surface area contributed by atoms with Crippen LogP contribution in [0.15, 0.2) is 53.5 Å². The smallest absolute Gasteiger partial charge is 0.124 e. The van der Waals surface area contributed by atoms with Crippen molar-refractivity contribution in [2.24, 2.45) is 4.99 Å². The maximum absolute atomic E-state index is 9.88. The van der Waals surface area contributed by atoms with Crippen LogP contribution in [0.25, 0.3) is 0 Å². The van der Waals surface area contributed by atoms with Crippen molar-refractivity contribution < 1.29 is 5.11 Å². The van der Waals surface area contributed by atoms with Gasteiger partial charge < -0.3 is 5.11 Å². The molecular formula is C21H25NO. The summed E-state index contributed by atoms with van der Waals surface area (Å²) >= 11 is 0. The molecule has 23 heavy (non-hydrogen) atoms. The first kappa shape index (κ1) is 15.8. The maximum Gasteiger partial charge on any atom is 0.124 e. The van der Waals surface area contributed by atoms with Crippen LogP contribution in [0.2, 0.25) is 0 Å². The molecule has 0 heterocycles. The summed E-state index contributed by atoms with van der Waals surface area (Å²) in [5, 5.41) is 9.88. The summed E-state index contributed by atoms with van der Waals surface area (Å²) in [6.45, 7) is 0. The van der Waals surface area contributed by atoms with Crippen molar-refractivity contribution in [1.29, 1.82) is 0 Å². The van der Waals surface area contributed by atoms with Crippen LogP contribution in [0.1, 0.15) is 62.0 Å². The lowest BCUT2D eigenvalue weighted by Gasteiger charge is -2.21. The minimum Gasteiger partial charge on any atom is -0.507 e. The number of para-hydroxylation sites is 2. The third kappa shape index (κ3) is 4.22. The zero-order chi connectivity index (χ0) is 15.9. The second-order valence-corrected chi connectivity index (χ2v) is 6.42. The van der Waals surface area contributed by atoms with Crippen molar-refractivity contribution in [3.8, 4) is 5.75 Å². The van der Waals surface area contributed by atoms with E-state index in [-0.39, 0.29) is 5.75 Å². The van der Waals surface area contributed by atoms with Crippen LogP contribution >= 0.6 is 0 Å². The predicted molar refractivity (Wildman–Crippen MR) is 96.9 cm³/mol. The van der Waals surface area contributed by atoms with Crippen molar-refractivity contribution in [3.05, 3.63) is 59.7 Å². The van der Waals surface area contributed by atoms with Crippen LogP contribution in [-0.2, 0) is 0 Å². The van der Waals surface area contributed by atoms with Gasteiger partial charge in [0, 0.05) is 11.8 Å². The quantitative estimate of drug-likeness (QED) is 0.696. The number of phenolic OH excluding ortho intramolecular Hbond substituents is 1. The fraction of sp³-hybridized carbons (Fsp3) is 0.381. The van der Waals surface area contributed by atoms with Gasteiger partial charge in [0.15, 0.2) is 0 Å². The second kappa shape index (κ2) is 7.96. The number of aromatic hydroxyl groups is 1. The van der Waals surface area contributed by atoms with Crippen molar-refractivity contribution >= 4 is 11.9 Å². The average Bonchev–Trinajstić information content (AvgIpc) is 2.54. The Hall–Kier alpha value is -2.09. The van der Waals surface area contributed by atoms with Crippen molar-refractivity contribution in [1.82, 2.24) is 0 Å². The molecule has 2 heteroatoms. The standard InChI is InChI=1S/C21H25NO/c23-21-15-9-6-12-18(21)16-22-20-14-8-7-13-19(20)17-10-4-2-1-3-5-11-17/h6-9,12-17,23H,1-5,10-11H2. The van der Waals surface area contributed by atoms with E-state index in [1.54, 1.807) is 12.3 Å². The molecule has 0 radical (unpaired) electrons. The summed E-state index contributed by atoms with van der Waals surface area (Å²) in [5.74, 6) is 0.896. The molecule has 1 fully saturated rings. The highest BCUT2D eigenvalue weighted by molar-refractivity contribution is 5.85. The Morgan fingerprint density at radius 3 is 2.26 bits per heavy atom. The van der Waals surface area contributed by atoms with E-state index in [0.29, 0.717) is 5.92 Å². The predicted octanol–water partition coefficient (Wildman–Crippen LogP) is 5.97. The number of aliphatic imine (C=N–C) groups is 1. The summed E-state index contributed by atoms with van der Waals surface area (Å²) < 4.78 is 0. The number of hydrogen-bond donors (Lipinski definition) is 1.